The minimum Gasteiger partial charge on any atom is -0.435 e. The Balaban J connectivity index is 2.53. The molecule has 96 valence electrons. The van der Waals surface area contributed by atoms with Gasteiger partial charge in [0.25, 0.3) is 0 Å². The molecule has 0 heterocycles. The minimum absolute atomic E-state index is 0.103. The van der Waals surface area contributed by atoms with Crippen molar-refractivity contribution in [3.63, 3.8) is 0 Å². The van der Waals surface area contributed by atoms with Gasteiger partial charge < -0.3 is 4.74 Å². The van der Waals surface area contributed by atoms with Crippen LogP contribution in [0.5, 0.6) is 5.75 Å². The van der Waals surface area contributed by atoms with Gasteiger partial charge in [-0.25, -0.2) is 8.93 Å². The lowest BCUT2D eigenvalue weighted by Crippen LogP contribution is -2.25. The quantitative estimate of drug-likeness (QED) is 0.856. The van der Waals surface area contributed by atoms with Gasteiger partial charge in [0.2, 0.25) is 0 Å². The Kier molecular flexibility index (Phi) is 5.50. The SMILES string of the molecule is CC(C)NS(=O)Cc1ccc(OC(F)F)cc1. The number of halogens is 2. The Labute approximate surface area is 102 Å². The summed E-state index contributed by atoms with van der Waals surface area (Å²) in [7, 11) is -1.16. The first-order chi connectivity index (χ1) is 7.97. The normalized spacial score (nSPS) is 13.1. The second-order valence-electron chi connectivity index (χ2n) is 3.78. The maximum absolute atomic E-state index is 11.9. The third-order valence-corrected chi connectivity index (χ3v) is 3.14. The third kappa shape index (κ3) is 5.74. The Morgan fingerprint density at radius 2 is 1.88 bits per heavy atom. The number of hydrogen-bond acceptors (Lipinski definition) is 2. The van der Waals surface area contributed by atoms with Crippen molar-refractivity contribution in [3.8, 4) is 5.75 Å². The van der Waals surface area contributed by atoms with E-state index in [1.165, 1.54) is 12.1 Å². The van der Waals surface area contributed by atoms with E-state index in [2.05, 4.69) is 9.46 Å². The molecule has 0 radical (unpaired) electrons. The zero-order valence-corrected chi connectivity index (χ0v) is 10.5. The van der Waals surface area contributed by atoms with Crippen LogP contribution in [0.4, 0.5) is 8.78 Å². The molecule has 0 aliphatic carbocycles. The topological polar surface area (TPSA) is 38.3 Å². The van der Waals surface area contributed by atoms with Crippen LogP contribution in [0.15, 0.2) is 24.3 Å². The van der Waals surface area contributed by atoms with E-state index < -0.39 is 17.6 Å². The van der Waals surface area contributed by atoms with Crippen LogP contribution in [0.2, 0.25) is 0 Å². The first-order valence-corrected chi connectivity index (χ1v) is 6.47. The largest absolute Gasteiger partial charge is 0.435 e. The standard InChI is InChI=1S/C11H15F2NO2S/c1-8(2)14-17(15)7-9-3-5-10(6-4-9)16-11(12)13/h3-6,8,11,14H,7H2,1-2H3. The molecule has 6 heteroatoms. The van der Waals surface area contributed by atoms with Crippen molar-refractivity contribution in [2.45, 2.75) is 32.3 Å². The van der Waals surface area contributed by atoms with Gasteiger partial charge in [-0.05, 0) is 31.5 Å². The molecule has 0 amide bonds. The van der Waals surface area contributed by atoms with Gasteiger partial charge >= 0.3 is 6.61 Å². The molecule has 0 aliphatic rings. The molecule has 1 rings (SSSR count). The van der Waals surface area contributed by atoms with E-state index in [0.717, 1.165) is 5.56 Å². The molecule has 0 aromatic heterocycles. The maximum atomic E-state index is 11.9. The van der Waals surface area contributed by atoms with Gasteiger partial charge in [-0.15, -0.1) is 0 Å². The van der Waals surface area contributed by atoms with Crippen LogP contribution in [0.25, 0.3) is 0 Å². The van der Waals surface area contributed by atoms with E-state index in [9.17, 15) is 13.0 Å². The lowest BCUT2D eigenvalue weighted by atomic mass is 10.2. The number of rotatable bonds is 6. The van der Waals surface area contributed by atoms with Gasteiger partial charge in [0.05, 0.1) is 16.7 Å². The Hall–Kier alpha value is -1.01. The van der Waals surface area contributed by atoms with E-state index in [4.69, 9.17) is 0 Å². The maximum Gasteiger partial charge on any atom is 0.387 e. The Morgan fingerprint density at radius 1 is 1.29 bits per heavy atom. The highest BCUT2D eigenvalue weighted by Gasteiger charge is 2.06. The van der Waals surface area contributed by atoms with Gasteiger partial charge in [0, 0.05) is 6.04 Å². The average molecular weight is 263 g/mol. The van der Waals surface area contributed by atoms with Crippen molar-refractivity contribution in [2.75, 3.05) is 0 Å². The van der Waals surface area contributed by atoms with Crippen LogP contribution >= 0.6 is 0 Å². The number of nitrogens with one attached hydrogen (secondary N) is 1. The summed E-state index contributed by atoms with van der Waals surface area (Å²) < 4.78 is 42.4. The van der Waals surface area contributed by atoms with Gasteiger partial charge in [0.15, 0.2) is 0 Å². The molecular formula is C11H15F2NO2S. The lowest BCUT2D eigenvalue weighted by molar-refractivity contribution is -0.0498. The molecule has 1 unspecified atom stereocenters. The van der Waals surface area contributed by atoms with Crippen LogP contribution in [0, 0.1) is 0 Å². The predicted molar refractivity (Wildman–Crippen MR) is 63.2 cm³/mol. The smallest absolute Gasteiger partial charge is 0.387 e. The van der Waals surface area contributed by atoms with Crippen molar-refractivity contribution in [3.05, 3.63) is 29.8 Å². The summed E-state index contributed by atoms with van der Waals surface area (Å²) in [6.07, 6.45) is 0. The zero-order valence-electron chi connectivity index (χ0n) is 9.65. The summed E-state index contributed by atoms with van der Waals surface area (Å²) in [6, 6.07) is 6.26. The molecule has 1 aromatic rings. The fraction of sp³-hybridized carbons (Fsp3) is 0.455. The lowest BCUT2D eigenvalue weighted by Gasteiger charge is -2.08. The number of hydrogen-bond donors (Lipinski definition) is 1. The number of alkyl halides is 2. The molecule has 1 atom stereocenters. The van der Waals surface area contributed by atoms with Crippen molar-refractivity contribution < 1.29 is 17.7 Å². The summed E-state index contributed by atoms with van der Waals surface area (Å²) in [5.41, 5.74) is 0.804. The van der Waals surface area contributed by atoms with E-state index in [1.807, 2.05) is 13.8 Å². The molecular weight excluding hydrogens is 248 g/mol. The number of ether oxygens (including phenoxy) is 1. The van der Waals surface area contributed by atoms with Crippen LogP contribution in [0.3, 0.4) is 0 Å². The fourth-order valence-corrected chi connectivity index (χ4v) is 2.33. The van der Waals surface area contributed by atoms with Crippen LogP contribution in [-0.2, 0) is 16.7 Å². The highest BCUT2D eigenvalue weighted by molar-refractivity contribution is 7.82. The molecule has 0 bridgehead atoms. The summed E-state index contributed by atoms with van der Waals surface area (Å²) >= 11 is 0. The molecule has 0 saturated heterocycles. The summed E-state index contributed by atoms with van der Waals surface area (Å²) in [5.74, 6) is 0.444. The molecule has 1 aromatic carbocycles. The minimum atomic E-state index is -2.82. The monoisotopic (exact) mass is 263 g/mol. The summed E-state index contributed by atoms with van der Waals surface area (Å²) in [5, 5.41) is 0. The average Bonchev–Trinajstić information content (AvgIpc) is 2.18. The molecule has 3 nitrogen and oxygen atoms in total. The highest BCUT2D eigenvalue weighted by Crippen LogP contribution is 2.15. The van der Waals surface area contributed by atoms with Crippen molar-refractivity contribution >= 4 is 11.0 Å². The van der Waals surface area contributed by atoms with E-state index in [0.29, 0.717) is 5.75 Å². The second kappa shape index (κ2) is 6.66. The predicted octanol–water partition coefficient (Wildman–Crippen LogP) is 2.45. The van der Waals surface area contributed by atoms with Crippen molar-refractivity contribution in [1.82, 2.24) is 4.72 Å². The van der Waals surface area contributed by atoms with Crippen LogP contribution in [0.1, 0.15) is 19.4 Å². The Bertz CT molecular complexity index is 368. The van der Waals surface area contributed by atoms with Crippen LogP contribution < -0.4 is 9.46 Å². The first-order valence-electron chi connectivity index (χ1n) is 5.15. The fourth-order valence-electron chi connectivity index (χ4n) is 1.22. The molecule has 17 heavy (non-hydrogen) atoms. The van der Waals surface area contributed by atoms with Gasteiger partial charge in [-0.1, -0.05) is 12.1 Å². The molecule has 0 fully saturated rings. The summed E-state index contributed by atoms with van der Waals surface area (Å²) in [6.45, 7) is 0.979. The van der Waals surface area contributed by atoms with Gasteiger partial charge in [0.1, 0.15) is 5.75 Å². The second-order valence-corrected chi connectivity index (χ2v) is 5.00. The van der Waals surface area contributed by atoms with Crippen molar-refractivity contribution in [2.24, 2.45) is 0 Å². The molecule has 0 spiro atoms. The molecule has 0 aliphatic heterocycles. The molecule has 1 N–H and O–H groups in total. The highest BCUT2D eigenvalue weighted by atomic mass is 32.2. The molecule has 0 saturated carbocycles. The van der Waals surface area contributed by atoms with Crippen LogP contribution in [-0.4, -0.2) is 16.9 Å². The van der Waals surface area contributed by atoms with Crippen molar-refractivity contribution in [1.29, 1.82) is 0 Å². The van der Waals surface area contributed by atoms with E-state index >= 15 is 0 Å². The first kappa shape index (κ1) is 14.1. The zero-order chi connectivity index (χ0) is 12.8. The van der Waals surface area contributed by atoms with E-state index in [-0.39, 0.29) is 11.8 Å². The number of benzene rings is 1. The Morgan fingerprint density at radius 3 is 2.35 bits per heavy atom. The van der Waals surface area contributed by atoms with E-state index in [1.54, 1.807) is 12.1 Å². The van der Waals surface area contributed by atoms with Gasteiger partial charge in [-0.3, -0.25) is 0 Å². The van der Waals surface area contributed by atoms with Gasteiger partial charge in [-0.2, -0.15) is 8.78 Å². The summed E-state index contributed by atoms with van der Waals surface area (Å²) in [4.78, 5) is 0. The third-order valence-electron chi connectivity index (χ3n) is 1.81.